The van der Waals surface area contributed by atoms with E-state index in [1.165, 1.54) is 24.3 Å². The van der Waals surface area contributed by atoms with Gasteiger partial charge in [0.2, 0.25) is 5.91 Å². The first-order valence-corrected chi connectivity index (χ1v) is 10.9. The molecule has 0 radical (unpaired) electrons. The molecule has 34 heavy (non-hydrogen) atoms. The number of anilines is 1. The number of nitrogens with one attached hydrogen (secondary N) is 1. The molecule has 2 amide bonds. The van der Waals surface area contributed by atoms with Crippen LogP contribution < -0.4 is 10.1 Å². The van der Waals surface area contributed by atoms with Crippen LogP contribution in [0.2, 0.25) is 5.02 Å². The van der Waals surface area contributed by atoms with Crippen LogP contribution in [0.25, 0.3) is 6.08 Å². The second kappa shape index (κ2) is 12.1. The maximum atomic E-state index is 12.3. The van der Waals surface area contributed by atoms with Gasteiger partial charge < -0.3 is 19.7 Å². The number of esters is 1. The highest BCUT2D eigenvalue weighted by Gasteiger charge is 2.28. The summed E-state index contributed by atoms with van der Waals surface area (Å²) in [4.78, 5) is 38.4. The molecular weight excluding hydrogens is 470 g/mol. The fourth-order valence-electron chi connectivity index (χ4n) is 3.39. The summed E-state index contributed by atoms with van der Waals surface area (Å²) in [6.07, 6.45) is 4.13. The van der Waals surface area contributed by atoms with Crippen molar-refractivity contribution in [2.45, 2.75) is 19.5 Å². The van der Waals surface area contributed by atoms with E-state index < -0.39 is 31.0 Å². The number of rotatable bonds is 8. The molecule has 0 bridgehead atoms. The highest BCUT2D eigenvalue weighted by Crippen LogP contribution is 2.29. The number of hydrogen-bond donors (Lipinski definition) is 1. The molecule has 3 rings (SSSR count). The Balaban J connectivity index is 1.40. The summed E-state index contributed by atoms with van der Waals surface area (Å²) in [7, 11) is 0. The number of nitrogens with zero attached hydrogens (tertiary/aromatic N) is 1. The van der Waals surface area contributed by atoms with Crippen molar-refractivity contribution >= 4 is 41.1 Å². The lowest BCUT2D eigenvalue weighted by atomic mass is 9.97. The van der Waals surface area contributed by atoms with Crippen molar-refractivity contribution in [3.63, 3.8) is 0 Å². The smallest absolute Gasteiger partial charge is 0.387 e. The minimum Gasteiger partial charge on any atom is -0.455 e. The lowest BCUT2D eigenvalue weighted by Gasteiger charge is -2.30. The zero-order chi connectivity index (χ0) is 24.5. The number of carbonyl (C=O) groups excluding carboxylic acids is 3. The number of ether oxygens (including phenoxy) is 2. The van der Waals surface area contributed by atoms with Gasteiger partial charge in [-0.1, -0.05) is 41.9 Å². The lowest BCUT2D eigenvalue weighted by Crippen LogP contribution is -2.40. The molecule has 0 spiro atoms. The van der Waals surface area contributed by atoms with Gasteiger partial charge in [-0.25, -0.2) is 0 Å². The van der Waals surface area contributed by atoms with Crippen molar-refractivity contribution in [3.05, 3.63) is 65.2 Å². The summed E-state index contributed by atoms with van der Waals surface area (Å²) in [5.41, 5.74) is 1.16. The van der Waals surface area contributed by atoms with Crippen molar-refractivity contribution in [3.8, 4) is 5.75 Å². The Morgan fingerprint density at radius 3 is 2.47 bits per heavy atom. The fraction of sp³-hybridized carbons (Fsp3) is 0.292. The third-order valence-electron chi connectivity index (χ3n) is 5.14. The maximum Gasteiger partial charge on any atom is 0.387 e. The molecule has 1 aliphatic rings. The van der Waals surface area contributed by atoms with Gasteiger partial charge >= 0.3 is 12.6 Å². The SMILES string of the molecule is O=C(COC(=O)C1CCN(C(=O)/C=C/c2ccccc2)CC1)Nc1ccc(OC(F)F)c(Cl)c1. The number of likely N-dealkylation sites (tertiary alicyclic amines) is 1. The minimum atomic E-state index is -3.02. The molecule has 10 heteroatoms. The first-order chi connectivity index (χ1) is 16.3. The van der Waals surface area contributed by atoms with E-state index in [9.17, 15) is 23.2 Å². The summed E-state index contributed by atoms with van der Waals surface area (Å²) >= 11 is 5.84. The van der Waals surface area contributed by atoms with Crippen LogP contribution in [-0.4, -0.2) is 49.0 Å². The Morgan fingerprint density at radius 1 is 1.12 bits per heavy atom. The molecule has 0 aliphatic carbocycles. The molecule has 0 unspecified atom stereocenters. The number of carbonyl (C=O) groups is 3. The van der Waals surface area contributed by atoms with Crippen LogP contribution in [0.3, 0.4) is 0 Å². The van der Waals surface area contributed by atoms with Crippen LogP contribution in [0.1, 0.15) is 18.4 Å². The van der Waals surface area contributed by atoms with Gasteiger partial charge in [-0.15, -0.1) is 0 Å². The predicted octanol–water partition coefficient (Wildman–Crippen LogP) is 4.38. The molecule has 180 valence electrons. The molecule has 1 fully saturated rings. The molecule has 1 heterocycles. The zero-order valence-corrected chi connectivity index (χ0v) is 18.8. The van der Waals surface area contributed by atoms with Crippen LogP contribution in [-0.2, 0) is 19.1 Å². The predicted molar refractivity (Wildman–Crippen MR) is 122 cm³/mol. The van der Waals surface area contributed by atoms with E-state index in [-0.39, 0.29) is 22.4 Å². The molecule has 1 saturated heterocycles. The van der Waals surface area contributed by atoms with Crippen LogP contribution >= 0.6 is 11.6 Å². The van der Waals surface area contributed by atoms with Crippen LogP contribution in [0, 0.1) is 5.92 Å². The van der Waals surface area contributed by atoms with Gasteiger partial charge in [-0.05, 0) is 42.7 Å². The summed E-state index contributed by atoms with van der Waals surface area (Å²) in [6, 6.07) is 13.2. The van der Waals surface area contributed by atoms with Gasteiger partial charge in [0.25, 0.3) is 5.91 Å². The number of piperidine rings is 1. The normalized spacial score (nSPS) is 14.3. The quantitative estimate of drug-likeness (QED) is 0.437. The Morgan fingerprint density at radius 2 is 1.82 bits per heavy atom. The Bertz CT molecular complexity index is 1040. The third-order valence-corrected chi connectivity index (χ3v) is 5.43. The first-order valence-electron chi connectivity index (χ1n) is 10.5. The number of hydrogen-bond acceptors (Lipinski definition) is 5. The molecule has 0 aromatic heterocycles. The summed E-state index contributed by atoms with van der Waals surface area (Å²) < 4.78 is 33.9. The topological polar surface area (TPSA) is 84.9 Å². The Hall–Kier alpha value is -3.46. The second-order valence-electron chi connectivity index (χ2n) is 7.52. The number of amides is 2. The zero-order valence-electron chi connectivity index (χ0n) is 18.1. The first kappa shape index (κ1) is 25.2. The van der Waals surface area contributed by atoms with Crippen molar-refractivity contribution in [1.29, 1.82) is 0 Å². The van der Waals surface area contributed by atoms with E-state index in [0.717, 1.165) is 5.56 Å². The van der Waals surface area contributed by atoms with Crippen molar-refractivity contribution in [2.75, 3.05) is 25.0 Å². The van der Waals surface area contributed by atoms with Crippen molar-refractivity contribution in [1.82, 2.24) is 4.90 Å². The summed E-state index contributed by atoms with van der Waals surface area (Å²) in [5.74, 6) is -1.87. The number of benzene rings is 2. The maximum absolute atomic E-state index is 12.3. The van der Waals surface area contributed by atoms with Gasteiger partial charge in [-0.3, -0.25) is 14.4 Å². The molecule has 1 N–H and O–H groups in total. The van der Waals surface area contributed by atoms with Gasteiger partial charge in [0.1, 0.15) is 5.75 Å². The van der Waals surface area contributed by atoms with E-state index in [1.54, 1.807) is 11.0 Å². The minimum absolute atomic E-state index is 0.102. The molecule has 7 nitrogen and oxygen atoms in total. The lowest BCUT2D eigenvalue weighted by molar-refractivity contribution is -0.153. The van der Waals surface area contributed by atoms with Gasteiger partial charge in [0, 0.05) is 24.9 Å². The summed E-state index contributed by atoms with van der Waals surface area (Å²) in [6.45, 7) is -2.71. The van der Waals surface area contributed by atoms with Crippen molar-refractivity contribution < 1.29 is 32.6 Å². The molecular formula is C24H23ClF2N2O5. The Kier molecular flexibility index (Phi) is 8.98. The van der Waals surface area contributed by atoms with E-state index in [2.05, 4.69) is 10.1 Å². The Labute approximate surface area is 200 Å². The second-order valence-corrected chi connectivity index (χ2v) is 7.93. The van der Waals surface area contributed by atoms with E-state index >= 15 is 0 Å². The van der Waals surface area contributed by atoms with Crippen LogP contribution in [0.15, 0.2) is 54.6 Å². The fourth-order valence-corrected chi connectivity index (χ4v) is 3.62. The largest absolute Gasteiger partial charge is 0.455 e. The monoisotopic (exact) mass is 492 g/mol. The molecule has 2 aromatic rings. The molecule has 1 aliphatic heterocycles. The molecule has 2 aromatic carbocycles. The standard InChI is InChI=1S/C24H23ClF2N2O5/c25-19-14-18(7-8-20(19)34-24(26)27)28-21(30)15-33-23(32)17-10-12-29(13-11-17)22(31)9-6-16-4-2-1-3-5-16/h1-9,14,17,24H,10-13,15H2,(H,28,30)/b9-6+. The van der Waals surface area contributed by atoms with Crippen LogP contribution in [0.4, 0.5) is 14.5 Å². The highest BCUT2D eigenvalue weighted by atomic mass is 35.5. The number of halogens is 3. The average molecular weight is 493 g/mol. The van der Waals surface area contributed by atoms with Gasteiger partial charge in [0.05, 0.1) is 10.9 Å². The van der Waals surface area contributed by atoms with Crippen molar-refractivity contribution in [2.24, 2.45) is 5.92 Å². The third kappa shape index (κ3) is 7.55. The van der Waals surface area contributed by atoms with E-state index in [1.807, 2.05) is 30.3 Å². The number of alkyl halides is 2. The van der Waals surface area contributed by atoms with E-state index in [4.69, 9.17) is 16.3 Å². The highest BCUT2D eigenvalue weighted by molar-refractivity contribution is 6.32. The molecule has 0 saturated carbocycles. The van der Waals surface area contributed by atoms with Crippen LogP contribution in [0.5, 0.6) is 5.75 Å². The van der Waals surface area contributed by atoms with Gasteiger partial charge in [0.15, 0.2) is 6.61 Å². The van der Waals surface area contributed by atoms with E-state index in [0.29, 0.717) is 25.9 Å². The average Bonchev–Trinajstić information content (AvgIpc) is 2.83. The summed E-state index contributed by atoms with van der Waals surface area (Å²) in [5, 5.41) is 2.37. The van der Waals surface area contributed by atoms with Gasteiger partial charge in [-0.2, -0.15) is 8.78 Å². The molecule has 0 atom stereocenters.